The molecule has 3 aromatic carbocycles. The second-order valence-electron chi connectivity index (χ2n) is 12.7. The molecular weight excluding hydrogens is 665 g/mol. The average molecular weight is 707 g/mol. The van der Waals surface area contributed by atoms with Crippen molar-refractivity contribution >= 4 is 69.3 Å². The van der Waals surface area contributed by atoms with Gasteiger partial charge < -0.3 is 10.0 Å². The van der Waals surface area contributed by atoms with Gasteiger partial charge >= 0.3 is 5.97 Å². The zero-order chi connectivity index (χ0) is 34.3. The maximum absolute atomic E-state index is 11.6. The zero-order valence-corrected chi connectivity index (χ0v) is 30.8. The summed E-state index contributed by atoms with van der Waals surface area (Å²) in [5.74, 6) is -0.578. The number of anilines is 2. The summed E-state index contributed by atoms with van der Waals surface area (Å²) in [4.78, 5) is 18.5. The average Bonchev–Trinajstić information content (AvgIpc) is 3.77. The van der Waals surface area contributed by atoms with Gasteiger partial charge in [-0.15, -0.1) is 11.3 Å². The number of benzene rings is 3. The summed E-state index contributed by atoms with van der Waals surface area (Å²) >= 11 is 4.57. The van der Waals surface area contributed by atoms with Crippen LogP contribution in [0.1, 0.15) is 82.6 Å². The van der Waals surface area contributed by atoms with Gasteiger partial charge in [-0.25, -0.2) is 4.79 Å². The van der Waals surface area contributed by atoms with E-state index in [0.29, 0.717) is 5.92 Å². The van der Waals surface area contributed by atoms with E-state index in [4.69, 9.17) is 8.75 Å². The highest BCUT2D eigenvalue weighted by atomic mass is 32.2. The first-order valence-electron chi connectivity index (χ1n) is 17.4. The van der Waals surface area contributed by atoms with Crippen molar-refractivity contribution in [3.05, 3.63) is 76.7 Å². The van der Waals surface area contributed by atoms with Crippen molar-refractivity contribution in [3.8, 4) is 27.6 Å². The molecule has 5 aromatic rings. The summed E-state index contributed by atoms with van der Waals surface area (Å²) in [6.45, 7) is 7.80. The molecule has 3 heterocycles. The summed E-state index contributed by atoms with van der Waals surface area (Å²) in [5.41, 5.74) is 8.34. The number of aliphatic carboxylic acids is 1. The second kappa shape index (κ2) is 16.2. The van der Waals surface area contributed by atoms with E-state index in [1.807, 2.05) is 23.9 Å². The molecule has 6 rings (SSSR count). The Morgan fingerprint density at radius 2 is 1.67 bits per heavy atom. The molecule has 0 spiro atoms. The van der Waals surface area contributed by atoms with Crippen molar-refractivity contribution in [2.75, 3.05) is 11.4 Å². The summed E-state index contributed by atoms with van der Waals surface area (Å²) < 4.78 is 9.62. The van der Waals surface area contributed by atoms with Gasteiger partial charge in [0.15, 0.2) is 0 Å². The van der Waals surface area contributed by atoms with Crippen LogP contribution in [0.5, 0.6) is 0 Å². The number of nitriles is 1. The number of para-hydroxylation sites is 1. The Kier molecular flexibility index (Phi) is 11.5. The van der Waals surface area contributed by atoms with E-state index in [2.05, 4.69) is 80.3 Å². The lowest BCUT2D eigenvalue weighted by Crippen LogP contribution is -2.27. The smallest absolute Gasteiger partial charge is 0.346 e. The van der Waals surface area contributed by atoms with E-state index in [-0.39, 0.29) is 5.57 Å². The fourth-order valence-corrected chi connectivity index (χ4v) is 9.51. The molecule has 0 fully saturated rings. The molecule has 0 bridgehead atoms. The molecule has 252 valence electrons. The van der Waals surface area contributed by atoms with Gasteiger partial charge in [-0.3, -0.25) is 0 Å². The van der Waals surface area contributed by atoms with Gasteiger partial charge in [-0.1, -0.05) is 101 Å². The summed E-state index contributed by atoms with van der Waals surface area (Å²) in [6, 6.07) is 23.7. The van der Waals surface area contributed by atoms with E-state index in [1.165, 1.54) is 82.4 Å². The monoisotopic (exact) mass is 706 g/mol. The molecule has 1 atom stereocenters. The number of aryl methyl sites for hydroxylation is 1. The highest BCUT2D eigenvalue weighted by Crippen LogP contribution is 2.50. The predicted octanol–water partition coefficient (Wildman–Crippen LogP) is 12.0. The molecule has 1 aliphatic heterocycles. The highest BCUT2D eigenvalue weighted by Gasteiger charge is 2.26. The van der Waals surface area contributed by atoms with E-state index in [0.717, 1.165) is 75.3 Å². The van der Waals surface area contributed by atoms with Crippen LogP contribution < -0.4 is 4.90 Å². The minimum atomic E-state index is -1.21. The zero-order valence-electron chi connectivity index (χ0n) is 28.4. The van der Waals surface area contributed by atoms with Gasteiger partial charge in [0.25, 0.3) is 0 Å². The third-order valence-corrected chi connectivity index (χ3v) is 12.1. The van der Waals surface area contributed by atoms with E-state index in [1.54, 1.807) is 0 Å². The number of hydrogen-bond donors (Lipinski definition) is 1. The fraction of sp³-hybridized carbons (Fsp3) is 0.350. The van der Waals surface area contributed by atoms with Crippen LogP contribution in [0, 0.1) is 17.2 Å². The Balaban J connectivity index is 1.38. The molecule has 0 saturated heterocycles. The van der Waals surface area contributed by atoms with Gasteiger partial charge in [0.2, 0.25) is 0 Å². The molecule has 0 radical (unpaired) electrons. The number of unbranched alkanes of at least 4 members (excludes halogenated alkanes) is 4. The molecule has 1 unspecified atom stereocenters. The lowest BCUT2D eigenvalue weighted by molar-refractivity contribution is -0.132. The van der Waals surface area contributed by atoms with Crippen molar-refractivity contribution in [2.24, 2.45) is 5.92 Å². The molecular formula is C40H42N4O2S3. The van der Waals surface area contributed by atoms with Gasteiger partial charge in [0.05, 0.1) is 23.1 Å². The first kappa shape index (κ1) is 34.9. The van der Waals surface area contributed by atoms with Crippen LogP contribution >= 0.6 is 34.8 Å². The number of hydrogen-bond acceptors (Lipinski definition) is 8. The first-order chi connectivity index (χ1) is 23.9. The van der Waals surface area contributed by atoms with Gasteiger partial charge in [0.1, 0.15) is 22.7 Å². The largest absolute Gasteiger partial charge is 0.477 e. The molecule has 2 aromatic heterocycles. The summed E-state index contributed by atoms with van der Waals surface area (Å²) in [6.07, 6.45) is 11.8. The Labute approximate surface area is 301 Å². The molecule has 0 aliphatic carbocycles. The second-order valence-corrected chi connectivity index (χ2v) is 15.4. The standard InChI is InChI=1S/C40H42N4O2S3/c1-4-7-9-10-14-28-21-30(22-29(24-41)40(45)46)47-39(28)32-19-18-31(37-38(32)43-49-42-37)27-17-20-34-36(23-27)48-35-16-12-11-15-33(35)44(34)25-26(6-3)13-8-5-2/h11-12,15-23,26H,4-10,13-14,25H2,1-3H3,(H,45,46)/b29-22-. The first-order valence-corrected chi connectivity index (χ1v) is 19.7. The number of rotatable bonds is 15. The third kappa shape index (κ3) is 7.62. The number of aromatic nitrogens is 2. The number of carboxylic acid groups (broad SMARTS) is 1. The fourth-order valence-electron chi connectivity index (χ4n) is 6.62. The van der Waals surface area contributed by atoms with Crippen LogP contribution in [-0.2, 0) is 11.2 Å². The topological polar surface area (TPSA) is 90.1 Å². The number of carboxylic acids is 1. The van der Waals surface area contributed by atoms with E-state index >= 15 is 0 Å². The van der Waals surface area contributed by atoms with Crippen molar-refractivity contribution in [1.29, 1.82) is 5.26 Å². The Bertz CT molecular complexity index is 2020. The predicted molar refractivity (Wildman–Crippen MR) is 206 cm³/mol. The van der Waals surface area contributed by atoms with E-state index in [9.17, 15) is 15.2 Å². The maximum Gasteiger partial charge on any atom is 0.346 e. The maximum atomic E-state index is 11.6. The minimum absolute atomic E-state index is 0.265. The highest BCUT2D eigenvalue weighted by molar-refractivity contribution is 7.99. The van der Waals surface area contributed by atoms with Gasteiger partial charge in [0, 0.05) is 37.2 Å². The number of carbonyl (C=O) groups is 1. The van der Waals surface area contributed by atoms with Crippen molar-refractivity contribution < 1.29 is 9.90 Å². The molecule has 9 heteroatoms. The van der Waals surface area contributed by atoms with Gasteiger partial charge in [-0.05, 0) is 72.7 Å². The summed E-state index contributed by atoms with van der Waals surface area (Å²) in [7, 11) is 0. The van der Waals surface area contributed by atoms with Crippen LogP contribution in [0.4, 0.5) is 11.4 Å². The van der Waals surface area contributed by atoms with Crippen LogP contribution in [0.25, 0.3) is 38.7 Å². The number of thiophene rings is 1. The Morgan fingerprint density at radius 1 is 0.918 bits per heavy atom. The van der Waals surface area contributed by atoms with Crippen LogP contribution in [0.3, 0.4) is 0 Å². The van der Waals surface area contributed by atoms with Crippen LogP contribution in [0.2, 0.25) is 0 Å². The minimum Gasteiger partial charge on any atom is -0.477 e. The summed E-state index contributed by atoms with van der Waals surface area (Å²) in [5, 5.41) is 18.9. The molecule has 0 saturated carbocycles. The third-order valence-electron chi connectivity index (χ3n) is 9.35. The lowest BCUT2D eigenvalue weighted by Gasteiger charge is -2.35. The van der Waals surface area contributed by atoms with Crippen LogP contribution in [0.15, 0.2) is 76.0 Å². The van der Waals surface area contributed by atoms with Crippen molar-refractivity contribution in [3.63, 3.8) is 0 Å². The molecule has 1 aliphatic rings. The van der Waals surface area contributed by atoms with Crippen LogP contribution in [-0.4, -0.2) is 26.4 Å². The number of nitrogens with zero attached hydrogens (tertiary/aromatic N) is 4. The normalized spacial score (nSPS) is 13.3. The van der Waals surface area contributed by atoms with Crippen molar-refractivity contribution in [1.82, 2.24) is 8.75 Å². The molecule has 0 amide bonds. The SMILES string of the molecule is CCCCCCc1cc(/C=C(/C#N)C(=O)O)sc1-c1ccc(-c2ccc3c(c2)Sc2ccccc2N3CC(CC)CCCC)c2nsnc12. The lowest BCUT2D eigenvalue weighted by atomic mass is 9.96. The Hall–Kier alpha value is -3.97. The van der Waals surface area contributed by atoms with Crippen molar-refractivity contribution in [2.45, 2.75) is 88.3 Å². The van der Waals surface area contributed by atoms with Gasteiger partial charge in [-0.2, -0.15) is 14.0 Å². The molecule has 6 nitrogen and oxygen atoms in total. The molecule has 1 N–H and O–H groups in total. The van der Waals surface area contributed by atoms with E-state index < -0.39 is 5.97 Å². The number of fused-ring (bicyclic) bond motifs is 3. The quantitative estimate of drug-likeness (QED) is 0.0658. The Morgan fingerprint density at radius 3 is 2.43 bits per heavy atom. The molecule has 49 heavy (non-hydrogen) atoms.